The lowest BCUT2D eigenvalue weighted by atomic mass is 10.1. The molecule has 2 amide bonds. The van der Waals surface area contributed by atoms with E-state index in [0.717, 1.165) is 24.8 Å². The Morgan fingerprint density at radius 3 is 2.26 bits per heavy atom. The molecule has 35 heavy (non-hydrogen) atoms. The van der Waals surface area contributed by atoms with Crippen LogP contribution < -0.4 is 20.7 Å². The van der Waals surface area contributed by atoms with Gasteiger partial charge in [0.1, 0.15) is 5.75 Å². The van der Waals surface area contributed by atoms with Crippen molar-refractivity contribution in [2.45, 2.75) is 39.2 Å². The van der Waals surface area contributed by atoms with Crippen molar-refractivity contribution in [3.8, 4) is 5.75 Å². The predicted molar refractivity (Wildman–Crippen MR) is 144 cm³/mol. The number of carbonyl (C=O) groups excluding carboxylic acids is 2. The maximum atomic E-state index is 13.0. The van der Waals surface area contributed by atoms with Crippen molar-refractivity contribution in [3.05, 3.63) is 95.6 Å². The number of nitrogens with one attached hydrogen (secondary N) is 3. The zero-order valence-corrected chi connectivity index (χ0v) is 20.9. The first-order valence-electron chi connectivity index (χ1n) is 11.8. The summed E-state index contributed by atoms with van der Waals surface area (Å²) in [5, 5.41) is 8.76. The average molecular weight is 490 g/mol. The maximum Gasteiger partial charge on any atom is 0.261 e. The van der Waals surface area contributed by atoms with Crippen molar-refractivity contribution in [1.82, 2.24) is 10.6 Å². The zero-order valence-electron chi connectivity index (χ0n) is 20.0. The summed E-state index contributed by atoms with van der Waals surface area (Å²) in [6.07, 6.45) is 3.09. The molecule has 0 saturated carbocycles. The smallest absolute Gasteiger partial charge is 0.261 e. The number of unbranched alkanes of at least 4 members (excludes halogenated alkanes) is 2. The summed E-state index contributed by atoms with van der Waals surface area (Å²) in [6.45, 7) is 4.60. The highest BCUT2D eigenvalue weighted by Gasteiger charge is 2.17. The van der Waals surface area contributed by atoms with Gasteiger partial charge >= 0.3 is 0 Å². The fourth-order valence-corrected chi connectivity index (χ4v) is 3.73. The monoisotopic (exact) mass is 489 g/mol. The van der Waals surface area contributed by atoms with Crippen LogP contribution in [0, 0.1) is 0 Å². The van der Waals surface area contributed by atoms with E-state index in [1.807, 2.05) is 43.3 Å². The van der Waals surface area contributed by atoms with Crippen LogP contribution in [-0.2, 0) is 0 Å². The van der Waals surface area contributed by atoms with Crippen LogP contribution >= 0.6 is 12.2 Å². The topological polar surface area (TPSA) is 79.5 Å². The number of hydrogen-bond donors (Lipinski definition) is 3. The Kier molecular flexibility index (Phi) is 9.80. The van der Waals surface area contributed by atoms with Gasteiger partial charge in [-0.05, 0) is 55.4 Å². The second-order valence-corrected chi connectivity index (χ2v) is 8.52. The van der Waals surface area contributed by atoms with E-state index in [2.05, 4.69) is 22.9 Å². The lowest BCUT2D eigenvalue weighted by molar-refractivity contribution is 0.0939. The molecule has 1 unspecified atom stereocenters. The molecule has 0 aromatic heterocycles. The third kappa shape index (κ3) is 7.65. The van der Waals surface area contributed by atoms with Gasteiger partial charge < -0.3 is 15.4 Å². The van der Waals surface area contributed by atoms with Crippen LogP contribution in [0.1, 0.15) is 65.4 Å². The molecule has 0 radical (unpaired) electrons. The number of amides is 2. The summed E-state index contributed by atoms with van der Waals surface area (Å²) >= 11 is 5.37. The standard InChI is InChI=1S/C28H31N3O3S/c1-3-4-12-19-34-25-18-11-9-16-23(25)27(33)31-28(35)30-24-17-10-8-15-22(24)26(32)29-20(2)21-13-6-5-7-14-21/h5-11,13-18,20H,3-4,12,19H2,1-2H3,(H,29,32)(H2,30,31,33,35). The molecule has 7 heteroatoms. The molecule has 0 fully saturated rings. The van der Waals surface area contributed by atoms with Gasteiger partial charge in [0.25, 0.3) is 11.8 Å². The molecule has 1 atom stereocenters. The number of rotatable bonds is 10. The van der Waals surface area contributed by atoms with Crippen LogP contribution in [0.4, 0.5) is 5.69 Å². The molecule has 0 aliphatic carbocycles. The molecule has 3 aromatic carbocycles. The van der Waals surface area contributed by atoms with Crippen molar-refractivity contribution in [3.63, 3.8) is 0 Å². The summed E-state index contributed by atoms with van der Waals surface area (Å²) in [6, 6.07) is 23.6. The molecule has 0 heterocycles. The van der Waals surface area contributed by atoms with Gasteiger partial charge in [0.2, 0.25) is 0 Å². The van der Waals surface area contributed by atoms with Crippen molar-refractivity contribution in [2.75, 3.05) is 11.9 Å². The average Bonchev–Trinajstić information content (AvgIpc) is 2.87. The molecule has 3 aromatic rings. The Labute approximate surface area is 212 Å². The summed E-state index contributed by atoms with van der Waals surface area (Å²) in [7, 11) is 0. The number of hydrogen-bond acceptors (Lipinski definition) is 4. The van der Waals surface area contributed by atoms with Gasteiger partial charge in [0, 0.05) is 0 Å². The minimum Gasteiger partial charge on any atom is -0.493 e. The van der Waals surface area contributed by atoms with Gasteiger partial charge in [-0.1, -0.05) is 74.4 Å². The van der Waals surface area contributed by atoms with Crippen molar-refractivity contribution in [2.24, 2.45) is 0 Å². The van der Waals surface area contributed by atoms with Crippen LogP contribution in [0.15, 0.2) is 78.9 Å². The zero-order chi connectivity index (χ0) is 25.0. The largest absolute Gasteiger partial charge is 0.493 e. The van der Waals surface area contributed by atoms with E-state index in [1.54, 1.807) is 42.5 Å². The van der Waals surface area contributed by atoms with Gasteiger partial charge in [-0.2, -0.15) is 0 Å². The van der Waals surface area contributed by atoms with E-state index < -0.39 is 0 Å². The Morgan fingerprint density at radius 1 is 0.857 bits per heavy atom. The first-order chi connectivity index (χ1) is 17.0. The first kappa shape index (κ1) is 25.9. The number of carbonyl (C=O) groups is 2. The third-order valence-corrected chi connectivity index (χ3v) is 5.64. The van der Waals surface area contributed by atoms with Gasteiger partial charge in [-0.25, -0.2) is 0 Å². The summed E-state index contributed by atoms with van der Waals surface area (Å²) in [5.41, 5.74) is 2.33. The summed E-state index contributed by atoms with van der Waals surface area (Å²) < 4.78 is 5.81. The van der Waals surface area contributed by atoms with Gasteiger partial charge in [0.05, 0.1) is 29.5 Å². The van der Waals surface area contributed by atoms with E-state index in [1.165, 1.54) is 0 Å². The highest BCUT2D eigenvalue weighted by Crippen LogP contribution is 2.20. The second kappa shape index (κ2) is 13.2. The molecule has 0 saturated heterocycles. The number of thiocarbonyl (C=S) groups is 1. The quantitative estimate of drug-likeness (QED) is 0.245. The molecule has 6 nitrogen and oxygen atoms in total. The Morgan fingerprint density at radius 2 is 1.51 bits per heavy atom. The maximum absolute atomic E-state index is 13.0. The Hall–Kier alpha value is -3.71. The lowest BCUT2D eigenvalue weighted by Crippen LogP contribution is -2.35. The number of benzene rings is 3. The van der Waals surface area contributed by atoms with Crippen molar-refractivity contribution >= 4 is 34.8 Å². The van der Waals surface area contributed by atoms with E-state index in [-0.39, 0.29) is 23.0 Å². The minimum atomic E-state index is -0.381. The van der Waals surface area contributed by atoms with Gasteiger partial charge in [-0.3, -0.25) is 14.9 Å². The highest BCUT2D eigenvalue weighted by molar-refractivity contribution is 7.80. The van der Waals surface area contributed by atoms with E-state index in [0.29, 0.717) is 29.2 Å². The van der Waals surface area contributed by atoms with Gasteiger partial charge in [-0.15, -0.1) is 0 Å². The van der Waals surface area contributed by atoms with Crippen LogP contribution in [0.25, 0.3) is 0 Å². The van der Waals surface area contributed by atoms with Crippen molar-refractivity contribution in [1.29, 1.82) is 0 Å². The molecule has 0 aliphatic heterocycles. The number of para-hydroxylation sites is 2. The molecular formula is C28H31N3O3S. The first-order valence-corrected chi connectivity index (χ1v) is 12.2. The fourth-order valence-electron chi connectivity index (χ4n) is 3.53. The number of ether oxygens (including phenoxy) is 1. The normalized spacial score (nSPS) is 11.3. The van der Waals surface area contributed by atoms with Crippen LogP contribution in [0.2, 0.25) is 0 Å². The van der Waals surface area contributed by atoms with E-state index >= 15 is 0 Å². The molecule has 3 rings (SSSR count). The van der Waals surface area contributed by atoms with Crippen LogP contribution in [0.3, 0.4) is 0 Å². The van der Waals surface area contributed by atoms with Crippen LogP contribution in [-0.4, -0.2) is 23.5 Å². The lowest BCUT2D eigenvalue weighted by Gasteiger charge is -2.17. The molecule has 0 aliphatic rings. The molecule has 0 bridgehead atoms. The third-order valence-electron chi connectivity index (χ3n) is 5.43. The predicted octanol–water partition coefficient (Wildman–Crippen LogP) is 5.87. The second-order valence-electron chi connectivity index (χ2n) is 8.11. The van der Waals surface area contributed by atoms with Gasteiger partial charge in [0.15, 0.2) is 5.11 Å². The molecule has 3 N–H and O–H groups in total. The fraction of sp³-hybridized carbons (Fsp3) is 0.250. The summed E-state index contributed by atoms with van der Waals surface area (Å²) in [5.74, 6) is -0.115. The van der Waals surface area contributed by atoms with Crippen LogP contribution in [0.5, 0.6) is 5.75 Å². The SMILES string of the molecule is CCCCCOc1ccccc1C(=O)NC(=S)Nc1ccccc1C(=O)NC(C)c1ccccc1. The highest BCUT2D eigenvalue weighted by atomic mass is 32.1. The van der Waals surface area contributed by atoms with E-state index in [9.17, 15) is 9.59 Å². The minimum absolute atomic E-state index is 0.0899. The van der Waals surface area contributed by atoms with E-state index in [4.69, 9.17) is 17.0 Å². The molecule has 182 valence electrons. The molecular weight excluding hydrogens is 458 g/mol. The molecule has 0 spiro atoms. The van der Waals surface area contributed by atoms with Crippen molar-refractivity contribution < 1.29 is 14.3 Å². The Bertz CT molecular complexity index is 1150. The number of anilines is 1. The Balaban J connectivity index is 1.64. The summed E-state index contributed by atoms with van der Waals surface area (Å²) in [4.78, 5) is 25.8.